The standard InChI is InChI=1S/C78H97N11O14S/c1-50(2)58(39-55(90)15-8-7-11-30-88-66(92)26-27-67(88)93)70(95)82-61(18-13-29-80-72(79)98)63(91)38-52-20-22-53(23-21-52)42-102-74(99)86(6)32-33-100-34-35-101-36-37-103-78-46-75(4)43-76(5,47-78)45-77(44-75,48-78)49-89-51(3)59(40-81-89)56-24-25-65(84-68(56)71(96)97)87-31-28-54-14-12-16-57(60(54)41-87)69(94)85-73-83-62-17-9-10-19-64(62)104-73/h9-10,12,14,16-17,19-27,40,50,58,61H,7-8,11,13,15,18,28-39,41-49H2,1-6H3,(H,82,95)(H,96,97)(H3,79,80,98)(H,83,85,94)/t58-,61-,75?,76?,77?,78?/m0/s1. The van der Waals surface area contributed by atoms with Crippen molar-refractivity contribution in [1.82, 2.24) is 40.2 Å². The maximum atomic E-state index is 13.8. The van der Waals surface area contributed by atoms with E-state index in [1.165, 1.54) is 33.3 Å². The predicted octanol–water partition coefficient (Wildman–Crippen LogP) is 10.6. The topological polar surface area (TPSA) is 326 Å². The number of benzene rings is 3. The monoisotopic (exact) mass is 1440 g/mol. The number of ketones is 2. The number of hydrogen-bond acceptors (Lipinski definition) is 18. The van der Waals surface area contributed by atoms with Gasteiger partial charge in [-0.05, 0) is 152 Å². The number of thiazole rings is 1. The van der Waals surface area contributed by atoms with E-state index in [-0.39, 0.29) is 121 Å². The fourth-order valence-electron chi connectivity index (χ4n) is 17.2. The Balaban J connectivity index is 0.597. The molecule has 0 spiro atoms. The van der Waals surface area contributed by atoms with Gasteiger partial charge in [0.2, 0.25) is 5.91 Å². The Morgan fingerprint density at radius 1 is 0.788 bits per heavy atom. The first-order chi connectivity index (χ1) is 49.8. The number of Topliss-reactive ketones (excluding diaryl/α,β-unsaturated/α-hetero) is 2. The summed E-state index contributed by atoms with van der Waals surface area (Å²) in [5.74, 6) is -3.22. The number of nitrogens with two attached hydrogens (primary N) is 1. The Morgan fingerprint density at radius 3 is 2.23 bits per heavy atom. The number of nitrogens with one attached hydrogen (secondary N) is 3. The minimum absolute atomic E-state index is 0.00623. The summed E-state index contributed by atoms with van der Waals surface area (Å²) in [5, 5.41) is 24.6. The zero-order valence-corrected chi connectivity index (χ0v) is 61.2. The lowest BCUT2D eigenvalue weighted by molar-refractivity contribution is -0.250. The molecule has 554 valence electrons. The summed E-state index contributed by atoms with van der Waals surface area (Å²) in [6.07, 6.45) is 12.9. The number of aromatic nitrogens is 4. The van der Waals surface area contributed by atoms with Crippen LogP contribution in [0.1, 0.15) is 160 Å². The van der Waals surface area contributed by atoms with E-state index >= 15 is 0 Å². The second kappa shape index (κ2) is 33.3. The summed E-state index contributed by atoms with van der Waals surface area (Å²) in [5.41, 5.74) is 11.7. The highest BCUT2D eigenvalue weighted by molar-refractivity contribution is 7.22. The van der Waals surface area contributed by atoms with E-state index in [0.717, 1.165) is 71.1 Å². The van der Waals surface area contributed by atoms with Crippen LogP contribution in [-0.4, -0.2) is 166 Å². The third-order valence-corrected chi connectivity index (χ3v) is 22.1. The second-order valence-electron chi connectivity index (χ2n) is 30.2. The molecule has 2 aliphatic heterocycles. The van der Waals surface area contributed by atoms with E-state index in [0.29, 0.717) is 111 Å². The molecule has 26 heteroatoms. The zero-order valence-electron chi connectivity index (χ0n) is 60.4. The molecule has 6 aliphatic rings. The lowest BCUT2D eigenvalue weighted by Crippen LogP contribution is -2.64. The molecule has 3 aromatic carbocycles. The van der Waals surface area contributed by atoms with Gasteiger partial charge < -0.3 is 50.2 Å². The summed E-state index contributed by atoms with van der Waals surface area (Å²) >= 11 is 1.42. The molecular formula is C78H97N11O14S. The van der Waals surface area contributed by atoms with Crippen LogP contribution in [0.4, 0.5) is 20.5 Å². The highest BCUT2D eigenvalue weighted by Crippen LogP contribution is 2.72. The molecule has 5 heterocycles. The zero-order chi connectivity index (χ0) is 73.9. The van der Waals surface area contributed by atoms with E-state index in [2.05, 4.69) is 39.5 Å². The fourth-order valence-corrected chi connectivity index (χ4v) is 18.1. The second-order valence-corrected chi connectivity index (χ2v) is 31.2. The molecule has 4 atom stereocenters. The van der Waals surface area contributed by atoms with Crippen molar-refractivity contribution >= 4 is 85.8 Å². The van der Waals surface area contributed by atoms with Gasteiger partial charge in [0.15, 0.2) is 16.6 Å². The number of nitrogens with zero attached hydrogens (tertiary/aromatic N) is 7. The summed E-state index contributed by atoms with van der Waals surface area (Å²) in [7, 11) is 1.63. The average Bonchev–Trinajstić information content (AvgIpc) is 0.723. The summed E-state index contributed by atoms with van der Waals surface area (Å²) < 4.78 is 27.4. The number of likely N-dealkylation sites (N-methyl/N-ethyl adjacent to an activating group) is 1. The summed E-state index contributed by atoms with van der Waals surface area (Å²) in [6, 6.07) is 22.7. The molecule has 6 aromatic rings. The predicted molar refractivity (Wildman–Crippen MR) is 392 cm³/mol. The van der Waals surface area contributed by atoms with Crippen LogP contribution in [0.25, 0.3) is 21.3 Å². The van der Waals surface area contributed by atoms with Crippen LogP contribution in [0.2, 0.25) is 0 Å². The first-order valence-electron chi connectivity index (χ1n) is 36.2. The van der Waals surface area contributed by atoms with Gasteiger partial charge in [-0.25, -0.2) is 24.4 Å². The first kappa shape index (κ1) is 75.9. The minimum Gasteiger partial charge on any atom is -0.476 e. The number of unbranched alkanes of at least 4 members (excludes halogenated alkanes) is 2. The number of carboxylic acids is 1. The van der Waals surface area contributed by atoms with Crippen molar-refractivity contribution < 1.29 is 67.2 Å². The molecule has 4 fully saturated rings. The number of primary amides is 1. The van der Waals surface area contributed by atoms with Crippen LogP contribution >= 0.6 is 11.3 Å². The average molecular weight is 1440 g/mol. The van der Waals surface area contributed by atoms with Crippen LogP contribution in [0, 0.1) is 35.0 Å². The number of pyridine rings is 1. The number of rotatable bonds is 37. The molecule has 0 saturated heterocycles. The number of carboxylic acid groups (broad SMARTS) is 1. The van der Waals surface area contributed by atoms with Gasteiger partial charge in [-0.1, -0.05) is 94.0 Å². The highest BCUT2D eigenvalue weighted by atomic mass is 32.1. The van der Waals surface area contributed by atoms with Crippen LogP contribution in [0.15, 0.2) is 97.2 Å². The number of amides is 7. The first-order valence-corrected chi connectivity index (χ1v) is 37.1. The number of anilines is 2. The molecule has 104 heavy (non-hydrogen) atoms. The number of ether oxygens (including phenoxy) is 4. The quantitative estimate of drug-likeness (QED) is 0.0179. The Kier molecular flexibility index (Phi) is 24.3. The lowest BCUT2D eigenvalue weighted by Gasteiger charge is -2.69. The third-order valence-electron chi connectivity index (χ3n) is 21.1. The molecule has 7 amide bonds. The van der Waals surface area contributed by atoms with Crippen LogP contribution in [0.5, 0.6) is 0 Å². The normalized spacial score (nSPS) is 20.8. The van der Waals surface area contributed by atoms with Crippen molar-refractivity contribution in [1.29, 1.82) is 0 Å². The van der Waals surface area contributed by atoms with E-state index in [1.807, 2.05) is 80.3 Å². The number of hydrogen-bond donors (Lipinski definition) is 5. The van der Waals surface area contributed by atoms with E-state index < -0.39 is 36.0 Å². The largest absolute Gasteiger partial charge is 0.476 e. The highest BCUT2D eigenvalue weighted by Gasteiger charge is 2.66. The van der Waals surface area contributed by atoms with Crippen molar-refractivity contribution in [3.63, 3.8) is 0 Å². The fraction of sp³-hybridized carbons (Fsp3) is 0.513. The van der Waals surface area contributed by atoms with E-state index in [1.54, 1.807) is 37.5 Å². The number of imide groups is 1. The number of fused-ring (bicyclic) bond motifs is 2. The molecular weight excluding hydrogens is 1350 g/mol. The minimum atomic E-state index is -1.14. The Morgan fingerprint density at radius 2 is 1.51 bits per heavy atom. The summed E-state index contributed by atoms with van der Waals surface area (Å²) in [4.78, 5) is 130. The molecule has 0 radical (unpaired) electrons. The van der Waals surface area contributed by atoms with Crippen molar-refractivity contribution in [2.24, 2.45) is 33.8 Å². The van der Waals surface area contributed by atoms with Crippen molar-refractivity contribution in [3.05, 3.63) is 136 Å². The maximum Gasteiger partial charge on any atom is 0.409 e. The molecule has 6 N–H and O–H groups in total. The van der Waals surface area contributed by atoms with Gasteiger partial charge in [0, 0.05) is 106 Å². The smallest absolute Gasteiger partial charge is 0.409 e. The van der Waals surface area contributed by atoms with Crippen LogP contribution in [0.3, 0.4) is 0 Å². The van der Waals surface area contributed by atoms with Gasteiger partial charge >= 0.3 is 18.1 Å². The molecule has 25 nitrogen and oxygen atoms in total. The van der Waals surface area contributed by atoms with Gasteiger partial charge in [0.1, 0.15) is 18.2 Å². The SMILES string of the molecule is Cc1c(-c2ccc(N3CCc4cccc(C(=O)Nc5nc6ccccc6s5)c4C3)nc2C(=O)O)cnn1CC12CC3(C)CC(C)(C1)CC(OCCOCCOCCN(C)C(=O)OCc1ccc(CC(=O)[C@H](CCCNC(N)=O)NC(=O)[C@@H](CC(=O)CCCCCN4C(=O)C=CC4=O)C(C)C)cc1)(C3)C2. The maximum absolute atomic E-state index is 13.8. The van der Waals surface area contributed by atoms with Crippen molar-refractivity contribution in [3.8, 4) is 11.1 Å². The molecule has 2 unspecified atom stereocenters. The molecule has 12 rings (SSSR count). The Labute approximate surface area is 610 Å². The van der Waals surface area contributed by atoms with Crippen LogP contribution < -0.4 is 26.6 Å². The summed E-state index contributed by atoms with van der Waals surface area (Å²) in [6.45, 7) is 14.7. The van der Waals surface area contributed by atoms with Gasteiger partial charge in [-0.2, -0.15) is 5.10 Å². The number of carbonyl (C=O) groups is 9. The van der Waals surface area contributed by atoms with Crippen molar-refractivity contribution in [2.75, 3.05) is 76.5 Å². The molecule has 4 bridgehead atoms. The number of aromatic carboxylic acids is 1. The van der Waals surface area contributed by atoms with Crippen molar-refractivity contribution in [2.45, 2.75) is 162 Å². The number of para-hydroxylation sites is 1. The number of carbonyl (C=O) groups excluding carboxylic acids is 8. The van der Waals surface area contributed by atoms with Crippen LogP contribution in [-0.2, 0) is 75.5 Å². The molecule has 4 aliphatic carbocycles. The molecule has 3 aromatic heterocycles. The van der Waals surface area contributed by atoms with Gasteiger partial charge in [0.25, 0.3) is 17.7 Å². The Hall–Kier alpha value is -9.24. The van der Waals surface area contributed by atoms with E-state index in [4.69, 9.17) is 34.8 Å². The van der Waals surface area contributed by atoms with E-state index in [9.17, 15) is 48.3 Å². The lowest BCUT2D eigenvalue weighted by atomic mass is 9.39. The van der Waals surface area contributed by atoms with Gasteiger partial charge in [-0.15, -0.1) is 0 Å². The molecule has 4 saturated carbocycles. The Bertz CT molecular complexity index is 4140. The third kappa shape index (κ3) is 18.8. The number of urea groups is 1. The van der Waals surface area contributed by atoms with Gasteiger partial charge in [0.05, 0.1) is 61.1 Å². The van der Waals surface area contributed by atoms with Gasteiger partial charge in [-0.3, -0.25) is 43.7 Å².